The highest BCUT2D eigenvalue weighted by molar-refractivity contribution is 4.84. The van der Waals surface area contributed by atoms with Crippen molar-refractivity contribution >= 4 is 0 Å². The highest BCUT2D eigenvalue weighted by atomic mass is 13.8. The minimum atomic E-state index is 1.05. The van der Waals surface area contributed by atoms with Gasteiger partial charge in [0.1, 0.15) is 0 Å². The van der Waals surface area contributed by atoms with Crippen molar-refractivity contribution in [1.29, 1.82) is 0 Å². The maximum atomic E-state index is 3.77. The van der Waals surface area contributed by atoms with Gasteiger partial charge in [0.05, 0.1) is 0 Å². The Morgan fingerprint density at radius 2 is 1.70 bits per heavy atom. The van der Waals surface area contributed by atoms with Gasteiger partial charge in [0.2, 0.25) is 0 Å². The Balaban J connectivity index is 2.96. The molecule has 0 atom stereocenters. The van der Waals surface area contributed by atoms with Crippen LogP contribution in [0.5, 0.6) is 0 Å². The second-order valence-corrected chi connectivity index (χ2v) is 2.33. The SMILES string of the molecule is [CH2]CCCC=CCCC=C. The van der Waals surface area contributed by atoms with Gasteiger partial charge in [-0.05, 0) is 25.7 Å². The van der Waals surface area contributed by atoms with E-state index in [0.717, 1.165) is 19.3 Å². The average molecular weight is 137 g/mol. The Morgan fingerprint density at radius 1 is 1.00 bits per heavy atom. The van der Waals surface area contributed by atoms with Crippen molar-refractivity contribution in [2.24, 2.45) is 0 Å². The molecule has 0 aliphatic heterocycles. The lowest BCUT2D eigenvalue weighted by Crippen LogP contribution is -1.67. The van der Waals surface area contributed by atoms with Gasteiger partial charge in [0.25, 0.3) is 0 Å². The first-order chi connectivity index (χ1) is 4.91. The largest absolute Gasteiger partial charge is 0.103 e. The minimum absolute atomic E-state index is 1.05. The van der Waals surface area contributed by atoms with E-state index >= 15 is 0 Å². The van der Waals surface area contributed by atoms with Crippen LogP contribution < -0.4 is 0 Å². The molecule has 0 saturated heterocycles. The summed E-state index contributed by atoms with van der Waals surface area (Å²) >= 11 is 0. The highest BCUT2D eigenvalue weighted by Gasteiger charge is 1.77. The lowest BCUT2D eigenvalue weighted by molar-refractivity contribution is 0.860. The monoisotopic (exact) mass is 137 g/mol. The molecular formula is C10H17. The molecule has 1 radical (unpaired) electrons. The number of hydrogen-bond donors (Lipinski definition) is 0. The molecule has 0 amide bonds. The van der Waals surface area contributed by atoms with Crippen molar-refractivity contribution < 1.29 is 0 Å². The molecule has 0 heterocycles. The van der Waals surface area contributed by atoms with Gasteiger partial charge in [0.15, 0.2) is 0 Å². The molecule has 0 N–H and O–H groups in total. The number of rotatable bonds is 6. The van der Waals surface area contributed by atoms with Crippen LogP contribution in [0.25, 0.3) is 0 Å². The summed E-state index contributed by atoms with van der Waals surface area (Å²) in [6, 6.07) is 0. The zero-order valence-electron chi connectivity index (χ0n) is 6.68. The summed E-state index contributed by atoms with van der Waals surface area (Å²) < 4.78 is 0. The van der Waals surface area contributed by atoms with Gasteiger partial charge in [-0.15, -0.1) is 6.58 Å². The second-order valence-electron chi connectivity index (χ2n) is 2.33. The van der Waals surface area contributed by atoms with Gasteiger partial charge in [-0.25, -0.2) is 0 Å². The average Bonchev–Trinajstić information content (AvgIpc) is 1.97. The fraction of sp³-hybridized carbons (Fsp3) is 0.500. The van der Waals surface area contributed by atoms with Crippen LogP contribution in [0.4, 0.5) is 0 Å². The summed E-state index contributed by atoms with van der Waals surface area (Å²) in [5.74, 6) is 0. The summed E-state index contributed by atoms with van der Waals surface area (Å²) in [7, 11) is 0. The van der Waals surface area contributed by atoms with Crippen molar-refractivity contribution in [1.82, 2.24) is 0 Å². The minimum Gasteiger partial charge on any atom is -0.103 e. The second kappa shape index (κ2) is 8.48. The Hall–Kier alpha value is -0.520. The molecule has 0 nitrogen and oxygen atoms in total. The van der Waals surface area contributed by atoms with Crippen LogP contribution in [-0.4, -0.2) is 0 Å². The fourth-order valence-corrected chi connectivity index (χ4v) is 0.712. The number of unbranched alkanes of at least 4 members (excludes halogenated alkanes) is 3. The molecule has 0 spiro atoms. The predicted molar refractivity (Wildman–Crippen MR) is 47.8 cm³/mol. The fourth-order valence-electron chi connectivity index (χ4n) is 0.712. The molecule has 0 aromatic rings. The molecule has 10 heavy (non-hydrogen) atoms. The van der Waals surface area contributed by atoms with E-state index in [1.807, 2.05) is 6.08 Å². The van der Waals surface area contributed by atoms with E-state index in [1.54, 1.807) is 0 Å². The maximum absolute atomic E-state index is 3.77. The highest BCUT2D eigenvalue weighted by Crippen LogP contribution is 1.97. The van der Waals surface area contributed by atoms with Crippen LogP contribution in [0, 0.1) is 6.92 Å². The molecule has 0 aromatic heterocycles. The maximum Gasteiger partial charge on any atom is -0.0316 e. The van der Waals surface area contributed by atoms with Crippen LogP contribution in [0.2, 0.25) is 0 Å². The van der Waals surface area contributed by atoms with Crippen molar-refractivity contribution in [3.8, 4) is 0 Å². The number of allylic oxidation sites excluding steroid dienone is 3. The zero-order chi connectivity index (χ0) is 7.66. The van der Waals surface area contributed by atoms with Gasteiger partial charge < -0.3 is 0 Å². The van der Waals surface area contributed by atoms with Crippen LogP contribution in [0.1, 0.15) is 32.1 Å². The first kappa shape index (κ1) is 9.48. The standard InChI is InChI=1S/C10H17/c1-3-5-7-9-10-8-6-4-2/h3,9-10H,1-2,4-8H2. The van der Waals surface area contributed by atoms with Gasteiger partial charge in [-0.1, -0.05) is 31.6 Å². The molecule has 0 aromatic carbocycles. The molecule has 0 fully saturated rings. The normalized spacial score (nSPS) is 10.5. The van der Waals surface area contributed by atoms with Crippen LogP contribution >= 0.6 is 0 Å². The van der Waals surface area contributed by atoms with Crippen LogP contribution in [0.3, 0.4) is 0 Å². The summed E-state index contributed by atoms with van der Waals surface area (Å²) in [5.41, 5.74) is 0. The molecule has 0 unspecified atom stereocenters. The third-order valence-electron chi connectivity index (χ3n) is 1.32. The molecule has 57 valence electrons. The Labute approximate surface area is 64.6 Å². The Morgan fingerprint density at radius 3 is 2.30 bits per heavy atom. The van der Waals surface area contributed by atoms with Crippen molar-refractivity contribution in [3.05, 3.63) is 31.7 Å². The zero-order valence-corrected chi connectivity index (χ0v) is 6.68. The summed E-state index contributed by atoms with van der Waals surface area (Å²) in [4.78, 5) is 0. The lowest BCUT2D eigenvalue weighted by atomic mass is 10.2. The van der Waals surface area contributed by atoms with E-state index < -0.39 is 0 Å². The van der Waals surface area contributed by atoms with Crippen molar-refractivity contribution in [3.63, 3.8) is 0 Å². The lowest BCUT2D eigenvalue weighted by Gasteiger charge is -1.87. The molecule has 0 heteroatoms. The molecule has 0 rings (SSSR count). The van der Waals surface area contributed by atoms with E-state index in [0.29, 0.717) is 0 Å². The van der Waals surface area contributed by atoms with Gasteiger partial charge in [0, 0.05) is 0 Å². The van der Waals surface area contributed by atoms with E-state index in [-0.39, 0.29) is 0 Å². The van der Waals surface area contributed by atoms with E-state index in [2.05, 4.69) is 25.7 Å². The molecule has 0 aliphatic rings. The quantitative estimate of drug-likeness (QED) is 0.388. The van der Waals surface area contributed by atoms with Crippen molar-refractivity contribution in [2.75, 3.05) is 0 Å². The van der Waals surface area contributed by atoms with E-state index in [4.69, 9.17) is 0 Å². The van der Waals surface area contributed by atoms with Gasteiger partial charge >= 0.3 is 0 Å². The van der Waals surface area contributed by atoms with E-state index in [9.17, 15) is 0 Å². The third-order valence-corrected chi connectivity index (χ3v) is 1.32. The first-order valence-corrected chi connectivity index (χ1v) is 3.97. The van der Waals surface area contributed by atoms with Crippen LogP contribution in [-0.2, 0) is 0 Å². The van der Waals surface area contributed by atoms with Crippen LogP contribution in [0.15, 0.2) is 24.8 Å². The van der Waals surface area contributed by atoms with Gasteiger partial charge in [-0.2, -0.15) is 0 Å². The summed E-state index contributed by atoms with van der Waals surface area (Å²) in [6.07, 6.45) is 12.1. The van der Waals surface area contributed by atoms with E-state index in [1.165, 1.54) is 12.8 Å². The molecule has 0 saturated carbocycles. The predicted octanol–water partition coefficient (Wildman–Crippen LogP) is 3.51. The molecular weight excluding hydrogens is 120 g/mol. The first-order valence-electron chi connectivity index (χ1n) is 3.97. The Kier molecular flexibility index (Phi) is 8.04. The topological polar surface area (TPSA) is 0 Å². The van der Waals surface area contributed by atoms with Gasteiger partial charge in [-0.3, -0.25) is 0 Å². The van der Waals surface area contributed by atoms with Crippen molar-refractivity contribution in [2.45, 2.75) is 32.1 Å². The summed E-state index contributed by atoms with van der Waals surface area (Å²) in [6.45, 7) is 7.42. The third kappa shape index (κ3) is 7.48. The summed E-state index contributed by atoms with van der Waals surface area (Å²) in [5, 5.41) is 0. The molecule has 0 bridgehead atoms. The Bertz CT molecular complexity index is 90.2. The molecule has 0 aliphatic carbocycles. The number of hydrogen-bond acceptors (Lipinski definition) is 0. The smallest absolute Gasteiger partial charge is 0.0316 e.